The minimum absolute atomic E-state index is 0.0512. The van der Waals surface area contributed by atoms with Crippen molar-refractivity contribution in [1.29, 1.82) is 0 Å². The molecule has 2 heterocycles. The molecule has 2 aliphatic rings. The summed E-state index contributed by atoms with van der Waals surface area (Å²) >= 11 is 4.83. The summed E-state index contributed by atoms with van der Waals surface area (Å²) in [6, 6.07) is 5.35. The van der Waals surface area contributed by atoms with E-state index in [-0.39, 0.29) is 18.2 Å². The number of ether oxygens (including phenoxy) is 2. The molecule has 20 heavy (non-hydrogen) atoms. The highest BCUT2D eigenvalue weighted by molar-refractivity contribution is 7.79. The lowest BCUT2D eigenvalue weighted by Gasteiger charge is -2.23. The first-order chi connectivity index (χ1) is 9.24. The molecule has 0 aliphatic carbocycles. The molecule has 0 saturated carbocycles. The molecule has 1 unspecified atom stereocenters. The first-order valence-electron chi connectivity index (χ1n) is 6.31. The largest absolute Gasteiger partial charge is 0.449 e. The number of imide groups is 1. The zero-order valence-electron chi connectivity index (χ0n) is 11.4. The van der Waals surface area contributed by atoms with E-state index >= 15 is 0 Å². The van der Waals surface area contributed by atoms with Gasteiger partial charge in [0.2, 0.25) is 11.7 Å². The van der Waals surface area contributed by atoms with Crippen LogP contribution in [-0.4, -0.2) is 21.9 Å². The van der Waals surface area contributed by atoms with Crippen LogP contribution in [0.15, 0.2) is 18.2 Å². The maximum atomic E-state index is 12.3. The highest BCUT2D eigenvalue weighted by Crippen LogP contribution is 2.49. The predicted molar refractivity (Wildman–Crippen MR) is 73.2 cm³/mol. The van der Waals surface area contributed by atoms with Crippen molar-refractivity contribution in [3.05, 3.63) is 23.8 Å². The summed E-state index contributed by atoms with van der Waals surface area (Å²) in [5.74, 6) is -0.431. The van der Waals surface area contributed by atoms with Crippen molar-refractivity contribution in [2.75, 3.05) is 0 Å². The number of fused-ring (bicyclic) bond motifs is 1. The van der Waals surface area contributed by atoms with Gasteiger partial charge >= 0.3 is 0 Å². The second kappa shape index (κ2) is 3.91. The molecule has 2 amide bonds. The van der Waals surface area contributed by atoms with Gasteiger partial charge in [0.05, 0.1) is 18.2 Å². The Morgan fingerprint density at radius 3 is 2.50 bits per heavy atom. The third-order valence-electron chi connectivity index (χ3n) is 3.66. The zero-order valence-corrected chi connectivity index (χ0v) is 12.2. The Kier molecular flexibility index (Phi) is 2.60. The second-order valence-corrected chi connectivity index (χ2v) is 6.10. The molecule has 0 bridgehead atoms. The number of nitrogens with zero attached hydrogens (tertiary/aromatic N) is 1. The minimum atomic E-state index is -0.992. The molecule has 0 aromatic heterocycles. The van der Waals surface area contributed by atoms with E-state index < -0.39 is 11.2 Å². The van der Waals surface area contributed by atoms with Gasteiger partial charge in [-0.05, 0) is 13.0 Å². The minimum Gasteiger partial charge on any atom is -0.449 e. The topological polar surface area (TPSA) is 55.8 Å². The lowest BCUT2D eigenvalue weighted by atomic mass is 9.80. The van der Waals surface area contributed by atoms with E-state index in [9.17, 15) is 9.59 Å². The normalized spacial score (nSPS) is 27.3. The SMILES string of the molecule is CC1(C)Oc2cccc(C3(C)CC(=O)N([S])C3=O)c2O1. The lowest BCUT2D eigenvalue weighted by Crippen LogP contribution is -2.33. The van der Waals surface area contributed by atoms with Gasteiger partial charge in [0.1, 0.15) is 0 Å². The molecule has 0 spiro atoms. The van der Waals surface area contributed by atoms with E-state index in [0.29, 0.717) is 17.1 Å². The van der Waals surface area contributed by atoms with Crippen molar-refractivity contribution in [3.8, 4) is 11.5 Å². The Bertz CT molecular complexity index is 628. The van der Waals surface area contributed by atoms with Gasteiger partial charge in [-0.1, -0.05) is 12.1 Å². The number of hydrogen-bond acceptors (Lipinski definition) is 4. The smallest absolute Gasteiger partial charge is 0.251 e. The summed E-state index contributed by atoms with van der Waals surface area (Å²) in [5.41, 5.74) is -0.347. The van der Waals surface area contributed by atoms with Gasteiger partial charge in [0, 0.05) is 25.8 Å². The van der Waals surface area contributed by atoms with Crippen molar-refractivity contribution in [2.45, 2.75) is 38.4 Å². The Hall–Kier alpha value is -1.69. The van der Waals surface area contributed by atoms with Crippen LogP contribution in [0.5, 0.6) is 11.5 Å². The van der Waals surface area contributed by atoms with Crippen molar-refractivity contribution >= 4 is 24.6 Å². The molecule has 0 N–H and O–H groups in total. The maximum absolute atomic E-state index is 12.3. The fourth-order valence-electron chi connectivity index (χ4n) is 2.67. The fourth-order valence-corrected chi connectivity index (χ4v) is 2.93. The van der Waals surface area contributed by atoms with Crippen LogP contribution in [0.4, 0.5) is 0 Å². The van der Waals surface area contributed by atoms with Crippen LogP contribution in [0.1, 0.15) is 32.8 Å². The quantitative estimate of drug-likeness (QED) is 0.745. The van der Waals surface area contributed by atoms with Crippen molar-refractivity contribution < 1.29 is 19.1 Å². The van der Waals surface area contributed by atoms with Gasteiger partial charge in [0.25, 0.3) is 5.91 Å². The van der Waals surface area contributed by atoms with Crippen LogP contribution in [0.3, 0.4) is 0 Å². The Balaban J connectivity index is 2.12. The summed E-state index contributed by atoms with van der Waals surface area (Å²) in [6.45, 7) is 5.30. The van der Waals surface area contributed by atoms with E-state index in [1.165, 1.54) is 0 Å². The molecule has 1 aromatic rings. The van der Waals surface area contributed by atoms with E-state index in [0.717, 1.165) is 4.31 Å². The average Bonchev–Trinajstić information content (AvgIpc) is 2.78. The second-order valence-electron chi connectivity index (χ2n) is 5.74. The highest BCUT2D eigenvalue weighted by atomic mass is 32.1. The van der Waals surface area contributed by atoms with Crippen molar-refractivity contribution in [1.82, 2.24) is 4.31 Å². The summed E-state index contributed by atoms with van der Waals surface area (Å²) in [5, 5.41) is 0. The molecule has 1 saturated heterocycles. The average molecular weight is 292 g/mol. The van der Waals surface area contributed by atoms with Gasteiger partial charge in [-0.3, -0.25) is 9.59 Å². The number of benzene rings is 1. The van der Waals surface area contributed by atoms with E-state index in [1.54, 1.807) is 39.0 Å². The Morgan fingerprint density at radius 1 is 1.20 bits per heavy atom. The summed E-state index contributed by atoms with van der Waals surface area (Å²) in [6.07, 6.45) is 0.0512. The predicted octanol–water partition coefficient (Wildman–Crippen LogP) is 2.32. The Labute approximate surface area is 122 Å². The molecule has 1 radical (unpaired) electrons. The third-order valence-corrected chi connectivity index (χ3v) is 4.03. The first-order valence-corrected chi connectivity index (χ1v) is 6.67. The fraction of sp³-hybridized carbons (Fsp3) is 0.429. The number of hydrogen-bond donors (Lipinski definition) is 0. The number of para-hydroxylation sites is 1. The van der Waals surface area contributed by atoms with Gasteiger partial charge in [0.15, 0.2) is 11.5 Å². The van der Waals surface area contributed by atoms with Crippen LogP contribution >= 0.6 is 12.8 Å². The van der Waals surface area contributed by atoms with Gasteiger partial charge in [-0.25, -0.2) is 4.31 Å². The molecule has 1 fully saturated rings. The highest BCUT2D eigenvalue weighted by Gasteiger charge is 2.51. The maximum Gasteiger partial charge on any atom is 0.251 e. The monoisotopic (exact) mass is 292 g/mol. The number of carbonyl (C=O) groups is 2. The Morgan fingerprint density at radius 2 is 1.90 bits per heavy atom. The van der Waals surface area contributed by atoms with Crippen LogP contribution in [0.25, 0.3) is 0 Å². The van der Waals surface area contributed by atoms with Crippen LogP contribution < -0.4 is 9.47 Å². The number of carbonyl (C=O) groups excluding carboxylic acids is 2. The molecule has 105 valence electrons. The van der Waals surface area contributed by atoms with Crippen molar-refractivity contribution in [2.24, 2.45) is 0 Å². The number of rotatable bonds is 1. The number of amides is 2. The van der Waals surface area contributed by atoms with E-state index in [1.807, 2.05) is 0 Å². The molecule has 3 rings (SSSR count). The van der Waals surface area contributed by atoms with E-state index in [4.69, 9.17) is 22.3 Å². The lowest BCUT2D eigenvalue weighted by molar-refractivity contribution is -0.133. The van der Waals surface area contributed by atoms with E-state index in [2.05, 4.69) is 0 Å². The summed E-state index contributed by atoms with van der Waals surface area (Å²) in [4.78, 5) is 24.0. The molecular weight excluding hydrogens is 278 g/mol. The molecule has 1 atom stereocenters. The molecular formula is C14H14NO4S. The molecule has 5 nitrogen and oxygen atoms in total. The van der Waals surface area contributed by atoms with Crippen LogP contribution in [0, 0.1) is 0 Å². The molecule has 2 aliphatic heterocycles. The third kappa shape index (κ3) is 1.71. The van der Waals surface area contributed by atoms with Gasteiger partial charge in [-0.2, -0.15) is 0 Å². The summed E-state index contributed by atoms with van der Waals surface area (Å²) in [7, 11) is 0. The van der Waals surface area contributed by atoms with Crippen LogP contribution in [0.2, 0.25) is 0 Å². The molecule has 1 aromatic carbocycles. The van der Waals surface area contributed by atoms with Gasteiger partial charge < -0.3 is 9.47 Å². The van der Waals surface area contributed by atoms with Gasteiger partial charge in [-0.15, -0.1) is 0 Å². The zero-order chi connectivity index (χ0) is 14.7. The standard InChI is InChI=1S/C14H14NO4S/c1-13(2)18-9-6-4-5-8(11(9)19-13)14(3)7-10(16)15(20)12(14)17/h4-6H,7H2,1-3H3. The van der Waals surface area contributed by atoms with Crippen LogP contribution in [-0.2, 0) is 15.0 Å². The summed E-state index contributed by atoms with van der Waals surface area (Å²) < 4.78 is 12.2. The molecule has 6 heteroatoms. The van der Waals surface area contributed by atoms with Crippen molar-refractivity contribution in [3.63, 3.8) is 0 Å². The first kappa shape index (κ1) is 13.3.